The highest BCUT2D eigenvalue weighted by Gasteiger charge is 2.08. The maximum atomic E-state index is 8.28. The summed E-state index contributed by atoms with van der Waals surface area (Å²) in [7, 11) is 0. The number of unbranched alkanes of at least 4 members (excludes halogenated alkanes) is 2. The Bertz CT molecular complexity index is 155. The van der Waals surface area contributed by atoms with E-state index in [-0.39, 0.29) is 0 Å². The van der Waals surface area contributed by atoms with Gasteiger partial charge in [0, 0.05) is 10.5 Å². The van der Waals surface area contributed by atoms with E-state index < -0.39 is 0 Å². The van der Waals surface area contributed by atoms with Gasteiger partial charge in [0.25, 0.3) is 0 Å². The standard InChI is InChI=1S/C10H19NS2/c1-10(2,3)13-8-6-4-5-7-12-9-11/h4-8H2,1-3H3. The van der Waals surface area contributed by atoms with Gasteiger partial charge in [0.05, 0.1) is 0 Å². The van der Waals surface area contributed by atoms with Crippen molar-refractivity contribution in [1.82, 2.24) is 0 Å². The highest BCUT2D eigenvalue weighted by Crippen LogP contribution is 2.24. The molecule has 0 N–H and O–H groups in total. The van der Waals surface area contributed by atoms with Crippen molar-refractivity contribution in [3.63, 3.8) is 0 Å². The van der Waals surface area contributed by atoms with Crippen LogP contribution in [0.1, 0.15) is 40.0 Å². The molecule has 76 valence electrons. The van der Waals surface area contributed by atoms with E-state index in [9.17, 15) is 0 Å². The monoisotopic (exact) mass is 217 g/mol. The van der Waals surface area contributed by atoms with Gasteiger partial charge < -0.3 is 0 Å². The van der Waals surface area contributed by atoms with E-state index >= 15 is 0 Å². The quantitative estimate of drug-likeness (QED) is 0.498. The molecule has 0 spiro atoms. The summed E-state index contributed by atoms with van der Waals surface area (Å²) in [5, 5.41) is 10.4. The van der Waals surface area contributed by atoms with Crippen LogP contribution in [0.4, 0.5) is 0 Å². The smallest absolute Gasteiger partial charge is 0.133 e. The Labute approximate surface area is 90.7 Å². The summed E-state index contributed by atoms with van der Waals surface area (Å²) in [5.74, 6) is 2.25. The first-order valence-electron chi connectivity index (χ1n) is 4.71. The third-order valence-electron chi connectivity index (χ3n) is 1.49. The maximum absolute atomic E-state index is 8.28. The lowest BCUT2D eigenvalue weighted by molar-refractivity contribution is 0.767. The molecule has 0 aromatic carbocycles. The second-order valence-corrected chi connectivity index (χ2v) is 6.76. The summed E-state index contributed by atoms with van der Waals surface area (Å²) < 4.78 is 0.404. The van der Waals surface area contributed by atoms with E-state index in [1.165, 1.54) is 36.8 Å². The van der Waals surface area contributed by atoms with Crippen molar-refractivity contribution in [2.45, 2.75) is 44.8 Å². The molecule has 0 fully saturated rings. The van der Waals surface area contributed by atoms with E-state index in [0.717, 1.165) is 5.75 Å². The van der Waals surface area contributed by atoms with Crippen molar-refractivity contribution < 1.29 is 0 Å². The predicted octanol–water partition coefficient (Wildman–Crippen LogP) is 3.90. The summed E-state index contributed by atoms with van der Waals surface area (Å²) in [6, 6.07) is 0. The Kier molecular flexibility index (Phi) is 7.69. The van der Waals surface area contributed by atoms with Crippen LogP contribution in [0.5, 0.6) is 0 Å². The SMILES string of the molecule is CC(C)(C)SCCCCCSC#N. The predicted molar refractivity (Wildman–Crippen MR) is 64.1 cm³/mol. The first-order chi connectivity index (χ1) is 6.06. The van der Waals surface area contributed by atoms with Crippen molar-refractivity contribution >= 4 is 23.5 Å². The minimum Gasteiger partial charge on any atom is -0.185 e. The Hall–Kier alpha value is 0.190. The number of thiocyanates is 1. The van der Waals surface area contributed by atoms with Gasteiger partial charge in [0.2, 0.25) is 0 Å². The second-order valence-electron chi connectivity index (χ2n) is 3.96. The first-order valence-corrected chi connectivity index (χ1v) is 6.68. The first kappa shape index (κ1) is 13.2. The Morgan fingerprint density at radius 1 is 1.08 bits per heavy atom. The van der Waals surface area contributed by atoms with E-state index in [4.69, 9.17) is 5.26 Å². The minimum atomic E-state index is 0.404. The van der Waals surface area contributed by atoms with Crippen LogP contribution in [-0.4, -0.2) is 16.3 Å². The Balaban J connectivity index is 3.05. The number of nitriles is 1. The van der Waals surface area contributed by atoms with Crippen molar-refractivity contribution in [3.05, 3.63) is 0 Å². The molecule has 1 nitrogen and oxygen atoms in total. The molecule has 0 aliphatic heterocycles. The fourth-order valence-electron chi connectivity index (χ4n) is 0.877. The van der Waals surface area contributed by atoms with Gasteiger partial charge in [-0.2, -0.15) is 17.0 Å². The molecule has 0 atom stereocenters. The highest BCUT2D eigenvalue weighted by atomic mass is 32.2. The molecule has 0 aromatic heterocycles. The third kappa shape index (κ3) is 12.2. The molecule has 0 saturated carbocycles. The van der Waals surface area contributed by atoms with E-state index in [0.29, 0.717) is 4.75 Å². The van der Waals surface area contributed by atoms with Gasteiger partial charge in [0.1, 0.15) is 5.40 Å². The van der Waals surface area contributed by atoms with Gasteiger partial charge in [0.15, 0.2) is 0 Å². The zero-order chi connectivity index (χ0) is 10.2. The van der Waals surface area contributed by atoms with Crippen LogP contribution in [0, 0.1) is 10.7 Å². The van der Waals surface area contributed by atoms with Crippen LogP contribution in [0.15, 0.2) is 0 Å². The molecule has 0 heterocycles. The lowest BCUT2D eigenvalue weighted by atomic mass is 10.3. The topological polar surface area (TPSA) is 23.8 Å². The summed E-state index contributed by atoms with van der Waals surface area (Å²) >= 11 is 3.40. The number of thioether (sulfide) groups is 2. The average molecular weight is 217 g/mol. The number of nitrogens with zero attached hydrogens (tertiary/aromatic N) is 1. The molecule has 0 aliphatic carbocycles. The second kappa shape index (κ2) is 7.58. The highest BCUT2D eigenvalue weighted by molar-refractivity contribution is 8.03. The summed E-state index contributed by atoms with van der Waals surface area (Å²) in [6.07, 6.45) is 3.73. The van der Waals surface area contributed by atoms with Gasteiger partial charge in [-0.1, -0.05) is 27.2 Å². The third-order valence-corrected chi connectivity index (χ3v) is 3.47. The maximum Gasteiger partial charge on any atom is 0.133 e. The van der Waals surface area contributed by atoms with Gasteiger partial charge in [-0.05, 0) is 30.4 Å². The summed E-state index contributed by atoms with van der Waals surface area (Å²) in [4.78, 5) is 0. The lowest BCUT2D eigenvalue weighted by Gasteiger charge is -2.16. The summed E-state index contributed by atoms with van der Waals surface area (Å²) in [5.41, 5.74) is 0. The van der Waals surface area contributed by atoms with Crippen molar-refractivity contribution in [2.24, 2.45) is 0 Å². The van der Waals surface area contributed by atoms with E-state index in [1.54, 1.807) is 0 Å². The summed E-state index contributed by atoms with van der Waals surface area (Å²) in [6.45, 7) is 6.76. The molecular weight excluding hydrogens is 198 g/mol. The largest absolute Gasteiger partial charge is 0.185 e. The molecule has 13 heavy (non-hydrogen) atoms. The van der Waals surface area contributed by atoms with Crippen LogP contribution < -0.4 is 0 Å². The lowest BCUT2D eigenvalue weighted by Crippen LogP contribution is -2.08. The molecule has 0 amide bonds. The average Bonchev–Trinajstić information content (AvgIpc) is 2.01. The minimum absolute atomic E-state index is 0.404. The molecule has 0 bridgehead atoms. The zero-order valence-corrected chi connectivity index (χ0v) is 10.4. The van der Waals surface area contributed by atoms with Crippen LogP contribution in [0.25, 0.3) is 0 Å². The van der Waals surface area contributed by atoms with E-state index in [1.807, 2.05) is 11.8 Å². The molecule has 0 aromatic rings. The Morgan fingerprint density at radius 2 is 1.69 bits per heavy atom. The molecule has 0 radical (unpaired) electrons. The molecule has 0 rings (SSSR count). The van der Waals surface area contributed by atoms with Crippen molar-refractivity contribution in [1.29, 1.82) is 5.26 Å². The van der Waals surface area contributed by atoms with Crippen molar-refractivity contribution in [3.8, 4) is 5.40 Å². The van der Waals surface area contributed by atoms with Crippen LogP contribution in [0.2, 0.25) is 0 Å². The van der Waals surface area contributed by atoms with Crippen molar-refractivity contribution in [2.75, 3.05) is 11.5 Å². The Morgan fingerprint density at radius 3 is 2.23 bits per heavy atom. The number of hydrogen-bond acceptors (Lipinski definition) is 3. The van der Waals surface area contributed by atoms with E-state index in [2.05, 4.69) is 26.2 Å². The van der Waals surface area contributed by atoms with Crippen LogP contribution in [-0.2, 0) is 0 Å². The van der Waals surface area contributed by atoms with Gasteiger partial charge >= 0.3 is 0 Å². The fourth-order valence-corrected chi connectivity index (χ4v) is 2.28. The molecule has 0 unspecified atom stereocenters. The molecular formula is C10H19NS2. The van der Waals surface area contributed by atoms with Crippen LogP contribution >= 0.6 is 23.5 Å². The molecule has 3 heteroatoms. The van der Waals surface area contributed by atoms with Gasteiger partial charge in [-0.15, -0.1) is 0 Å². The normalized spacial score (nSPS) is 11.2. The fraction of sp³-hybridized carbons (Fsp3) is 0.900. The molecule has 0 aliphatic rings. The molecule has 0 saturated heterocycles. The van der Waals surface area contributed by atoms with Crippen LogP contribution in [0.3, 0.4) is 0 Å². The number of rotatable bonds is 6. The van der Waals surface area contributed by atoms with Gasteiger partial charge in [-0.25, -0.2) is 0 Å². The van der Waals surface area contributed by atoms with Gasteiger partial charge in [-0.3, -0.25) is 0 Å². The zero-order valence-electron chi connectivity index (χ0n) is 8.80. The number of hydrogen-bond donors (Lipinski definition) is 0.